The zero-order valence-electron chi connectivity index (χ0n) is 16.0. The Kier molecular flexibility index (Phi) is 5.69. The van der Waals surface area contributed by atoms with Crippen molar-refractivity contribution < 1.29 is 14.3 Å². The van der Waals surface area contributed by atoms with Crippen LogP contribution in [0.2, 0.25) is 0 Å². The van der Waals surface area contributed by atoms with Crippen LogP contribution < -0.4 is 10.2 Å². The van der Waals surface area contributed by atoms with E-state index in [-0.39, 0.29) is 17.5 Å². The summed E-state index contributed by atoms with van der Waals surface area (Å²) >= 11 is 0. The molecule has 28 heavy (non-hydrogen) atoms. The van der Waals surface area contributed by atoms with Crippen LogP contribution in [0.4, 0.5) is 5.69 Å². The maximum atomic E-state index is 12.3. The van der Waals surface area contributed by atoms with Crippen molar-refractivity contribution in [3.8, 4) is 0 Å². The summed E-state index contributed by atoms with van der Waals surface area (Å²) in [6, 6.07) is 17.1. The SMILES string of the molecule is CC(=O)N/C(=C/c1ccccc1)C1=N/C(=C/c2ccc(N(C)C)cc2)C(=O)O1. The van der Waals surface area contributed by atoms with Gasteiger partial charge in [-0.3, -0.25) is 4.79 Å². The molecule has 0 radical (unpaired) electrons. The zero-order valence-corrected chi connectivity index (χ0v) is 16.0. The summed E-state index contributed by atoms with van der Waals surface area (Å²) < 4.78 is 5.29. The first-order chi connectivity index (χ1) is 13.4. The van der Waals surface area contributed by atoms with Gasteiger partial charge in [0.1, 0.15) is 5.70 Å². The third kappa shape index (κ3) is 4.73. The van der Waals surface area contributed by atoms with E-state index in [0.29, 0.717) is 5.70 Å². The van der Waals surface area contributed by atoms with Crippen molar-refractivity contribution in [2.45, 2.75) is 6.92 Å². The van der Waals surface area contributed by atoms with E-state index in [1.165, 1.54) is 6.92 Å². The highest BCUT2D eigenvalue weighted by molar-refractivity contribution is 6.15. The minimum Gasteiger partial charge on any atom is -0.400 e. The lowest BCUT2D eigenvalue weighted by Gasteiger charge is -2.11. The van der Waals surface area contributed by atoms with Crippen LogP contribution in [-0.2, 0) is 14.3 Å². The molecular weight excluding hydrogens is 354 g/mol. The molecule has 0 atom stereocenters. The topological polar surface area (TPSA) is 71.0 Å². The summed E-state index contributed by atoms with van der Waals surface area (Å²) in [5, 5.41) is 2.68. The summed E-state index contributed by atoms with van der Waals surface area (Å²) in [5.41, 5.74) is 3.24. The number of esters is 1. The van der Waals surface area contributed by atoms with Gasteiger partial charge in [-0.05, 0) is 35.4 Å². The number of hydrogen-bond acceptors (Lipinski definition) is 5. The van der Waals surface area contributed by atoms with Crippen LogP contribution in [0.15, 0.2) is 71.0 Å². The number of ether oxygens (including phenoxy) is 1. The first kappa shape index (κ1) is 19.1. The number of aliphatic imine (C=N–C) groups is 1. The van der Waals surface area contributed by atoms with Gasteiger partial charge in [-0.2, -0.15) is 0 Å². The van der Waals surface area contributed by atoms with E-state index in [0.717, 1.165) is 16.8 Å². The normalized spacial score (nSPS) is 15.2. The van der Waals surface area contributed by atoms with E-state index in [4.69, 9.17) is 4.74 Å². The van der Waals surface area contributed by atoms with Gasteiger partial charge in [0.25, 0.3) is 0 Å². The molecule has 1 heterocycles. The third-order valence-corrected chi connectivity index (χ3v) is 3.99. The van der Waals surface area contributed by atoms with Crippen LogP contribution in [-0.4, -0.2) is 31.9 Å². The highest BCUT2D eigenvalue weighted by Gasteiger charge is 2.26. The molecule has 142 valence electrons. The number of nitrogens with zero attached hydrogens (tertiary/aromatic N) is 2. The van der Waals surface area contributed by atoms with Crippen LogP contribution in [0, 0.1) is 0 Å². The van der Waals surface area contributed by atoms with Crippen LogP contribution >= 0.6 is 0 Å². The van der Waals surface area contributed by atoms with Crippen molar-refractivity contribution in [3.63, 3.8) is 0 Å². The maximum absolute atomic E-state index is 12.3. The van der Waals surface area contributed by atoms with Crippen LogP contribution in [0.1, 0.15) is 18.1 Å². The Balaban J connectivity index is 1.91. The Morgan fingerprint density at radius 2 is 1.71 bits per heavy atom. The number of carbonyl (C=O) groups is 2. The molecule has 3 rings (SSSR count). The number of rotatable bonds is 5. The second-order valence-electron chi connectivity index (χ2n) is 6.47. The quantitative estimate of drug-likeness (QED) is 0.643. The monoisotopic (exact) mass is 375 g/mol. The van der Waals surface area contributed by atoms with Gasteiger partial charge >= 0.3 is 5.97 Å². The number of benzene rings is 2. The lowest BCUT2D eigenvalue weighted by atomic mass is 10.1. The van der Waals surface area contributed by atoms with Crippen molar-refractivity contribution >= 4 is 35.6 Å². The molecule has 0 saturated heterocycles. The fourth-order valence-electron chi connectivity index (χ4n) is 2.61. The molecule has 2 aromatic carbocycles. The number of anilines is 1. The Labute approximate surface area is 163 Å². The molecule has 1 N–H and O–H groups in total. The molecule has 0 saturated carbocycles. The molecule has 0 spiro atoms. The third-order valence-electron chi connectivity index (χ3n) is 3.99. The predicted molar refractivity (Wildman–Crippen MR) is 111 cm³/mol. The van der Waals surface area contributed by atoms with Gasteiger partial charge in [0, 0.05) is 26.7 Å². The fraction of sp³-hybridized carbons (Fsp3) is 0.136. The predicted octanol–water partition coefficient (Wildman–Crippen LogP) is 3.23. The highest BCUT2D eigenvalue weighted by atomic mass is 16.6. The van der Waals surface area contributed by atoms with Gasteiger partial charge in [-0.1, -0.05) is 42.5 Å². The number of hydrogen-bond donors (Lipinski definition) is 1. The molecule has 0 fully saturated rings. The maximum Gasteiger partial charge on any atom is 0.363 e. The van der Waals surface area contributed by atoms with E-state index >= 15 is 0 Å². The first-order valence-corrected chi connectivity index (χ1v) is 8.77. The van der Waals surface area contributed by atoms with E-state index < -0.39 is 5.97 Å². The molecule has 0 aromatic heterocycles. The number of amides is 1. The second kappa shape index (κ2) is 8.35. The van der Waals surface area contributed by atoms with Gasteiger partial charge in [0.2, 0.25) is 11.8 Å². The van der Waals surface area contributed by atoms with E-state index in [9.17, 15) is 9.59 Å². The van der Waals surface area contributed by atoms with E-state index in [2.05, 4.69) is 10.3 Å². The van der Waals surface area contributed by atoms with Crippen molar-refractivity contribution in [3.05, 3.63) is 77.1 Å². The summed E-state index contributed by atoms with van der Waals surface area (Å²) in [4.78, 5) is 30.1. The molecular formula is C22H21N3O3. The van der Waals surface area contributed by atoms with Crippen molar-refractivity contribution in [1.82, 2.24) is 5.32 Å². The van der Waals surface area contributed by atoms with Crippen molar-refractivity contribution in [1.29, 1.82) is 0 Å². The van der Waals surface area contributed by atoms with Gasteiger partial charge in [-0.15, -0.1) is 0 Å². The molecule has 0 bridgehead atoms. The Bertz CT molecular complexity index is 972. The zero-order chi connectivity index (χ0) is 20.1. The van der Waals surface area contributed by atoms with Crippen LogP contribution in [0.5, 0.6) is 0 Å². The standard InChI is InChI=1S/C22H21N3O3/c1-15(26)23-19(13-16-7-5-4-6-8-16)21-24-20(22(27)28-21)14-17-9-11-18(12-10-17)25(2)3/h4-14H,1-3H3,(H,23,26)/b19-13+,20-14+. The Morgan fingerprint density at radius 3 is 2.32 bits per heavy atom. The molecule has 0 aliphatic carbocycles. The van der Waals surface area contributed by atoms with Gasteiger partial charge in [-0.25, -0.2) is 9.79 Å². The van der Waals surface area contributed by atoms with Crippen molar-refractivity contribution in [2.24, 2.45) is 4.99 Å². The first-order valence-electron chi connectivity index (χ1n) is 8.77. The van der Waals surface area contributed by atoms with E-state index in [1.54, 1.807) is 12.2 Å². The number of cyclic esters (lactones) is 1. The molecule has 1 aliphatic heterocycles. The summed E-state index contributed by atoms with van der Waals surface area (Å²) in [6.07, 6.45) is 3.37. The summed E-state index contributed by atoms with van der Waals surface area (Å²) in [6.45, 7) is 1.39. The average molecular weight is 375 g/mol. The van der Waals surface area contributed by atoms with Gasteiger partial charge in [0.05, 0.1) is 0 Å². The fourth-order valence-corrected chi connectivity index (χ4v) is 2.61. The lowest BCUT2D eigenvalue weighted by molar-refractivity contribution is -0.130. The Morgan fingerprint density at radius 1 is 1.04 bits per heavy atom. The lowest BCUT2D eigenvalue weighted by Crippen LogP contribution is -2.25. The van der Waals surface area contributed by atoms with E-state index in [1.807, 2.05) is 73.6 Å². The largest absolute Gasteiger partial charge is 0.400 e. The minimum atomic E-state index is -0.559. The Hall–Kier alpha value is -3.67. The number of carbonyl (C=O) groups excluding carboxylic acids is 2. The van der Waals surface area contributed by atoms with Gasteiger partial charge < -0.3 is 15.0 Å². The average Bonchev–Trinajstić information content (AvgIpc) is 3.03. The smallest absolute Gasteiger partial charge is 0.363 e. The van der Waals surface area contributed by atoms with Crippen molar-refractivity contribution in [2.75, 3.05) is 19.0 Å². The molecule has 6 nitrogen and oxygen atoms in total. The summed E-state index contributed by atoms with van der Waals surface area (Å²) in [7, 11) is 3.92. The number of nitrogens with one attached hydrogen (secondary N) is 1. The van der Waals surface area contributed by atoms with Crippen LogP contribution in [0.3, 0.4) is 0 Å². The molecule has 1 aliphatic rings. The molecule has 1 amide bonds. The second-order valence-corrected chi connectivity index (χ2v) is 6.47. The molecule has 0 unspecified atom stereocenters. The molecule has 6 heteroatoms. The van der Waals surface area contributed by atoms with Gasteiger partial charge in [0.15, 0.2) is 5.70 Å². The minimum absolute atomic E-state index is 0.0696. The highest BCUT2D eigenvalue weighted by Crippen LogP contribution is 2.21. The van der Waals surface area contributed by atoms with Crippen LogP contribution in [0.25, 0.3) is 12.2 Å². The molecule has 2 aromatic rings. The summed E-state index contributed by atoms with van der Waals surface area (Å²) in [5.74, 6) is -0.770.